The fourth-order valence-corrected chi connectivity index (χ4v) is 3.72. The number of rotatable bonds is 4. The maximum Gasteiger partial charge on any atom is 0.305 e. The highest BCUT2D eigenvalue weighted by molar-refractivity contribution is 9.10. The summed E-state index contributed by atoms with van der Waals surface area (Å²) in [6, 6.07) is 14.7. The van der Waals surface area contributed by atoms with Gasteiger partial charge in [0.2, 0.25) is 5.88 Å². The molecule has 0 amide bonds. The van der Waals surface area contributed by atoms with E-state index in [2.05, 4.69) is 25.9 Å². The van der Waals surface area contributed by atoms with E-state index in [0.29, 0.717) is 23.4 Å². The lowest BCUT2D eigenvalue weighted by Crippen LogP contribution is -2.25. The molecule has 1 unspecified atom stereocenters. The van der Waals surface area contributed by atoms with E-state index in [1.165, 1.54) is 6.20 Å². The van der Waals surface area contributed by atoms with E-state index < -0.39 is 11.6 Å². The summed E-state index contributed by atoms with van der Waals surface area (Å²) in [4.78, 5) is 13.1. The van der Waals surface area contributed by atoms with E-state index >= 15 is 0 Å². The number of halogens is 3. The molecule has 0 spiro atoms. The summed E-state index contributed by atoms with van der Waals surface area (Å²) < 4.78 is 30.6. The number of aromatic nitrogens is 2. The minimum atomic E-state index is -1.95. The molecule has 28 heavy (non-hydrogen) atoms. The normalized spacial score (nSPS) is 17.6. The van der Waals surface area contributed by atoms with Gasteiger partial charge in [0.1, 0.15) is 17.1 Å². The summed E-state index contributed by atoms with van der Waals surface area (Å²) in [5.41, 5.74) is 8.05. The fourth-order valence-electron chi connectivity index (χ4n) is 3.32. The molecule has 1 atom stereocenters. The van der Waals surface area contributed by atoms with Gasteiger partial charge >= 0.3 is 6.08 Å². The van der Waals surface area contributed by atoms with Crippen LogP contribution in [-0.2, 0) is 5.54 Å². The molecule has 0 saturated carbocycles. The lowest BCUT2D eigenvalue weighted by molar-refractivity contribution is 0.359. The van der Waals surface area contributed by atoms with E-state index in [-0.39, 0.29) is 5.88 Å². The van der Waals surface area contributed by atoms with Crippen molar-refractivity contribution in [3.8, 4) is 5.88 Å². The number of nitrogens with two attached hydrogens (primary N) is 1. The number of hydrogen-bond acceptors (Lipinski definition) is 5. The monoisotopic (exact) mass is 442 g/mol. The number of fused-ring (bicyclic) bond motifs is 1. The Morgan fingerprint density at radius 1 is 1.04 bits per heavy atom. The van der Waals surface area contributed by atoms with Crippen LogP contribution in [0.25, 0.3) is 0 Å². The highest BCUT2D eigenvalue weighted by Gasteiger charge is 2.44. The van der Waals surface area contributed by atoms with Crippen molar-refractivity contribution in [1.82, 2.24) is 9.97 Å². The third-order valence-electron chi connectivity index (χ3n) is 4.39. The fraction of sp³-hybridized carbons (Fsp3) is 0.0500. The molecule has 0 bridgehead atoms. The van der Waals surface area contributed by atoms with Gasteiger partial charge in [-0.1, -0.05) is 34.1 Å². The largest absolute Gasteiger partial charge is 0.441 e. The number of benzene rings is 1. The zero-order valence-electron chi connectivity index (χ0n) is 14.3. The maximum atomic E-state index is 12.4. The van der Waals surface area contributed by atoms with Crippen LogP contribution >= 0.6 is 15.9 Å². The van der Waals surface area contributed by atoms with Gasteiger partial charge in [-0.3, -0.25) is 4.98 Å². The molecule has 0 aliphatic carbocycles. The number of nitrogens with zero attached hydrogens (tertiary/aromatic N) is 3. The van der Waals surface area contributed by atoms with Gasteiger partial charge in [0.05, 0.1) is 0 Å². The Kier molecular flexibility index (Phi) is 4.64. The second kappa shape index (κ2) is 7.12. The first-order valence-corrected chi connectivity index (χ1v) is 9.01. The van der Waals surface area contributed by atoms with Gasteiger partial charge in [-0.15, -0.1) is 0 Å². The number of hydrogen-bond donors (Lipinski definition) is 1. The number of amidine groups is 1. The summed E-state index contributed by atoms with van der Waals surface area (Å²) in [5.74, 6) is 0.315. The minimum absolute atomic E-state index is 0.0192. The first-order valence-electron chi connectivity index (χ1n) is 8.22. The average molecular weight is 443 g/mol. The summed E-state index contributed by atoms with van der Waals surface area (Å²) in [5, 5.41) is 0. The van der Waals surface area contributed by atoms with E-state index in [9.17, 15) is 8.78 Å². The van der Waals surface area contributed by atoms with Crippen LogP contribution in [0.4, 0.5) is 8.78 Å². The molecule has 0 saturated heterocycles. The molecule has 1 aliphatic heterocycles. The smallest absolute Gasteiger partial charge is 0.305 e. The Balaban J connectivity index is 1.97. The number of pyridine rings is 2. The van der Waals surface area contributed by atoms with Crippen LogP contribution in [0.5, 0.6) is 5.88 Å². The van der Waals surface area contributed by atoms with Gasteiger partial charge in [0, 0.05) is 28.5 Å². The van der Waals surface area contributed by atoms with Crippen molar-refractivity contribution >= 4 is 21.8 Å². The number of ether oxygens (including phenoxy) is 1. The van der Waals surface area contributed by atoms with E-state index in [1.807, 2.05) is 30.3 Å². The van der Waals surface area contributed by atoms with Crippen molar-refractivity contribution in [2.24, 2.45) is 10.7 Å². The van der Waals surface area contributed by atoms with Gasteiger partial charge in [-0.2, -0.15) is 8.78 Å². The molecule has 0 radical (unpaired) electrons. The minimum Gasteiger partial charge on any atom is -0.441 e. The first-order chi connectivity index (χ1) is 13.5. The summed E-state index contributed by atoms with van der Waals surface area (Å²) in [6.45, 7) is 0. The average Bonchev–Trinajstić information content (AvgIpc) is 3.01. The maximum absolute atomic E-state index is 12.4. The first kappa shape index (κ1) is 18.2. The van der Waals surface area contributed by atoms with Crippen LogP contribution in [0.15, 0.2) is 82.7 Å². The second-order valence-corrected chi connectivity index (χ2v) is 6.94. The van der Waals surface area contributed by atoms with Crippen LogP contribution < -0.4 is 10.5 Å². The molecule has 1 aromatic carbocycles. The van der Waals surface area contributed by atoms with Crippen LogP contribution in [0, 0.1) is 0 Å². The van der Waals surface area contributed by atoms with Crippen LogP contribution in [0.3, 0.4) is 0 Å². The Labute approximate surface area is 167 Å². The Bertz CT molecular complexity index is 1110. The molecular weight excluding hydrogens is 430 g/mol. The van der Waals surface area contributed by atoms with E-state index in [1.54, 1.807) is 24.4 Å². The third-order valence-corrected chi connectivity index (χ3v) is 4.89. The standard InChI is InChI=1S/C20H13BrF2N4O/c21-14-4-1-3-12(9-14)20(15-5-2-7-26-18(15)19(24)27-20)13-6-8-25-17(10-13)28-11-16(22)23/h1-11H,(H2,24,27). The molecule has 140 valence electrons. The molecule has 2 N–H and O–H groups in total. The summed E-state index contributed by atoms with van der Waals surface area (Å²) in [6.07, 6.45) is 1.52. The van der Waals surface area contributed by atoms with Crippen molar-refractivity contribution in [2.75, 3.05) is 0 Å². The van der Waals surface area contributed by atoms with Crippen molar-refractivity contribution in [1.29, 1.82) is 0 Å². The molecule has 4 rings (SSSR count). The third kappa shape index (κ3) is 3.05. The Hall–Kier alpha value is -3.13. The summed E-state index contributed by atoms with van der Waals surface area (Å²) in [7, 11) is 0. The molecule has 8 heteroatoms. The van der Waals surface area contributed by atoms with Crippen molar-refractivity contribution in [3.63, 3.8) is 0 Å². The van der Waals surface area contributed by atoms with Crippen LogP contribution in [0.2, 0.25) is 0 Å². The van der Waals surface area contributed by atoms with Crippen LogP contribution in [-0.4, -0.2) is 15.8 Å². The van der Waals surface area contributed by atoms with Gasteiger partial charge < -0.3 is 10.5 Å². The quantitative estimate of drug-likeness (QED) is 0.608. The van der Waals surface area contributed by atoms with E-state index in [0.717, 1.165) is 15.6 Å². The van der Waals surface area contributed by atoms with Crippen LogP contribution in [0.1, 0.15) is 22.4 Å². The Morgan fingerprint density at radius 3 is 2.64 bits per heavy atom. The number of aliphatic imine (C=N–C) groups is 1. The van der Waals surface area contributed by atoms with Gasteiger partial charge in [-0.05, 0) is 35.4 Å². The van der Waals surface area contributed by atoms with Gasteiger partial charge in [-0.25, -0.2) is 9.98 Å². The van der Waals surface area contributed by atoms with Gasteiger partial charge in [0.25, 0.3) is 0 Å². The molecular formula is C20H13BrF2N4O. The van der Waals surface area contributed by atoms with E-state index in [4.69, 9.17) is 15.5 Å². The molecule has 0 fully saturated rings. The SMILES string of the molecule is NC1=NC(c2cccc(Br)c2)(c2ccnc(OC=C(F)F)c2)c2cccnc21. The molecule has 2 aromatic heterocycles. The van der Waals surface area contributed by atoms with Gasteiger partial charge in [0.15, 0.2) is 6.26 Å². The Morgan fingerprint density at radius 2 is 1.86 bits per heavy atom. The van der Waals surface area contributed by atoms with Crippen molar-refractivity contribution in [3.05, 3.63) is 100 Å². The molecule has 3 aromatic rings. The lowest BCUT2D eigenvalue weighted by Gasteiger charge is -2.29. The highest BCUT2D eigenvalue weighted by atomic mass is 79.9. The molecule has 1 aliphatic rings. The zero-order chi connectivity index (χ0) is 19.7. The highest BCUT2D eigenvalue weighted by Crippen LogP contribution is 2.46. The predicted octanol–water partition coefficient (Wildman–Crippen LogP) is 4.37. The molecule has 5 nitrogen and oxygen atoms in total. The topological polar surface area (TPSA) is 73.4 Å². The van der Waals surface area contributed by atoms with Crippen molar-refractivity contribution in [2.45, 2.75) is 5.54 Å². The zero-order valence-corrected chi connectivity index (χ0v) is 15.9. The van der Waals surface area contributed by atoms with Crippen molar-refractivity contribution < 1.29 is 13.5 Å². The summed E-state index contributed by atoms with van der Waals surface area (Å²) >= 11 is 3.49. The predicted molar refractivity (Wildman–Crippen MR) is 104 cm³/mol. The lowest BCUT2D eigenvalue weighted by atomic mass is 9.79. The molecule has 3 heterocycles. The second-order valence-electron chi connectivity index (χ2n) is 6.03.